The lowest BCUT2D eigenvalue weighted by atomic mass is 9.96. The van der Waals surface area contributed by atoms with Crippen molar-refractivity contribution >= 4 is 5.82 Å². The zero-order valence-electron chi connectivity index (χ0n) is 9.84. The maximum Gasteiger partial charge on any atom is 0.438 e. The van der Waals surface area contributed by atoms with Crippen molar-refractivity contribution in [3.8, 4) is 0 Å². The average molecular weight is 305 g/mol. The second kappa shape index (κ2) is 3.79. The minimum atomic E-state index is -5.46. The number of hydrogen-bond donors (Lipinski definition) is 3. The van der Waals surface area contributed by atoms with Crippen LogP contribution in [0, 0.1) is 6.92 Å². The average Bonchev–Trinajstić information content (AvgIpc) is 2.55. The summed E-state index contributed by atoms with van der Waals surface area (Å²) in [5, 5.41) is 23.9. The summed E-state index contributed by atoms with van der Waals surface area (Å²) in [5.41, 5.74) is -7.94. The molecule has 0 aromatic carbocycles. The number of aryl methyl sites for hydroxylation is 1. The van der Waals surface area contributed by atoms with Crippen LogP contribution in [0.15, 0.2) is 6.07 Å². The van der Waals surface area contributed by atoms with Gasteiger partial charge in [-0.3, -0.25) is 0 Å². The molecular weight excluding hydrogens is 296 g/mol. The van der Waals surface area contributed by atoms with Gasteiger partial charge in [0.05, 0.1) is 12.1 Å². The first kappa shape index (κ1) is 14.9. The molecule has 5 nitrogen and oxygen atoms in total. The number of aromatic nitrogens is 2. The molecule has 0 radical (unpaired) electrons. The van der Waals surface area contributed by atoms with Crippen LogP contribution in [0.4, 0.5) is 32.2 Å². The first-order valence-electron chi connectivity index (χ1n) is 5.24. The Morgan fingerprint density at radius 1 is 1.20 bits per heavy atom. The predicted octanol–water partition coefficient (Wildman–Crippen LogP) is 1.47. The van der Waals surface area contributed by atoms with Crippen LogP contribution in [0.25, 0.3) is 0 Å². The van der Waals surface area contributed by atoms with Gasteiger partial charge in [0.25, 0.3) is 5.72 Å². The van der Waals surface area contributed by atoms with Crippen molar-refractivity contribution in [2.45, 2.75) is 37.1 Å². The normalized spacial score (nSPS) is 30.9. The standard InChI is InChI=1S/C9H9F6N3O2/c1-4-2-5-16-6(19,8(10,11)12)3-7(20,9(13,14)15)18(5)17-4/h2,16,19-20H,3H2,1H3/t6-,7-/m1/s1. The van der Waals surface area contributed by atoms with Crippen molar-refractivity contribution in [3.05, 3.63) is 11.8 Å². The molecule has 20 heavy (non-hydrogen) atoms. The van der Waals surface area contributed by atoms with E-state index >= 15 is 0 Å². The number of fused-ring (bicyclic) bond motifs is 1. The third-order valence-corrected chi connectivity index (χ3v) is 2.94. The molecule has 114 valence electrons. The van der Waals surface area contributed by atoms with E-state index in [1.165, 1.54) is 12.2 Å². The maximum atomic E-state index is 12.9. The van der Waals surface area contributed by atoms with Crippen molar-refractivity contribution in [1.29, 1.82) is 0 Å². The summed E-state index contributed by atoms with van der Waals surface area (Å²) in [5.74, 6) is -0.784. The van der Waals surface area contributed by atoms with Crippen LogP contribution in [-0.4, -0.2) is 38.1 Å². The lowest BCUT2D eigenvalue weighted by Crippen LogP contribution is -2.64. The lowest BCUT2D eigenvalue weighted by Gasteiger charge is -2.44. The highest BCUT2D eigenvalue weighted by Gasteiger charge is 2.69. The van der Waals surface area contributed by atoms with E-state index in [2.05, 4.69) is 5.10 Å². The molecule has 0 aliphatic carbocycles. The number of halogens is 6. The van der Waals surface area contributed by atoms with Crippen molar-refractivity contribution < 1.29 is 36.6 Å². The third kappa shape index (κ3) is 1.92. The topological polar surface area (TPSA) is 70.3 Å². The van der Waals surface area contributed by atoms with Crippen molar-refractivity contribution in [2.24, 2.45) is 0 Å². The van der Waals surface area contributed by atoms with Gasteiger partial charge < -0.3 is 15.5 Å². The number of rotatable bonds is 0. The highest BCUT2D eigenvalue weighted by atomic mass is 19.4. The van der Waals surface area contributed by atoms with Gasteiger partial charge in [0.2, 0.25) is 5.72 Å². The van der Waals surface area contributed by atoms with Gasteiger partial charge in [-0.15, -0.1) is 0 Å². The summed E-state index contributed by atoms with van der Waals surface area (Å²) >= 11 is 0. The summed E-state index contributed by atoms with van der Waals surface area (Å²) in [6, 6.07) is 0.854. The minimum Gasteiger partial charge on any atom is -0.363 e. The number of aliphatic hydroxyl groups is 2. The minimum absolute atomic E-state index is 0.0114. The Hall–Kier alpha value is -1.49. The van der Waals surface area contributed by atoms with Crippen LogP contribution >= 0.6 is 0 Å². The Labute approximate surface area is 107 Å². The molecule has 1 aromatic heterocycles. The Morgan fingerprint density at radius 2 is 1.75 bits per heavy atom. The summed E-state index contributed by atoms with van der Waals surface area (Å²) in [4.78, 5) is 0. The van der Waals surface area contributed by atoms with E-state index in [1.807, 2.05) is 0 Å². The molecule has 0 saturated carbocycles. The zero-order valence-corrected chi connectivity index (χ0v) is 9.84. The van der Waals surface area contributed by atoms with Gasteiger partial charge in [0.15, 0.2) is 0 Å². The third-order valence-electron chi connectivity index (χ3n) is 2.94. The van der Waals surface area contributed by atoms with E-state index in [1.54, 1.807) is 0 Å². The van der Waals surface area contributed by atoms with Crippen LogP contribution in [-0.2, 0) is 5.72 Å². The first-order chi connectivity index (χ1) is 8.80. The highest BCUT2D eigenvalue weighted by molar-refractivity contribution is 5.43. The summed E-state index contributed by atoms with van der Waals surface area (Å²) in [7, 11) is 0. The molecule has 0 saturated heterocycles. The van der Waals surface area contributed by atoms with Gasteiger partial charge in [0, 0.05) is 6.07 Å². The molecule has 2 rings (SSSR count). The predicted molar refractivity (Wildman–Crippen MR) is 52.5 cm³/mol. The molecule has 0 bridgehead atoms. The molecule has 0 spiro atoms. The van der Waals surface area contributed by atoms with Gasteiger partial charge >= 0.3 is 12.4 Å². The Kier molecular flexibility index (Phi) is 2.82. The van der Waals surface area contributed by atoms with Crippen LogP contribution in [0.2, 0.25) is 0 Å². The Balaban J connectivity index is 2.64. The Bertz CT molecular complexity index is 539. The molecule has 1 aromatic rings. The molecule has 1 aliphatic heterocycles. The molecule has 0 unspecified atom stereocenters. The molecular formula is C9H9F6N3O2. The van der Waals surface area contributed by atoms with E-state index in [0.717, 1.165) is 6.07 Å². The van der Waals surface area contributed by atoms with E-state index in [0.29, 0.717) is 0 Å². The molecule has 3 N–H and O–H groups in total. The summed E-state index contributed by atoms with van der Waals surface area (Å²) in [6.45, 7) is 1.23. The SMILES string of the molecule is Cc1cc2n(n1)[C@](O)(C(F)(F)F)C[C@@](O)(C(F)(F)F)N2. The fourth-order valence-corrected chi connectivity index (χ4v) is 1.95. The number of anilines is 1. The second-order valence-electron chi connectivity index (χ2n) is 4.56. The van der Waals surface area contributed by atoms with Gasteiger partial charge in [-0.25, -0.2) is 4.68 Å². The summed E-state index contributed by atoms with van der Waals surface area (Å²) in [6.07, 6.45) is -12.9. The summed E-state index contributed by atoms with van der Waals surface area (Å²) < 4.78 is 77.0. The molecule has 1 aliphatic rings. The fourth-order valence-electron chi connectivity index (χ4n) is 1.95. The zero-order chi connectivity index (χ0) is 15.6. The molecule has 11 heteroatoms. The first-order valence-corrected chi connectivity index (χ1v) is 5.24. The van der Waals surface area contributed by atoms with Gasteiger partial charge in [-0.05, 0) is 6.92 Å². The molecule has 0 fully saturated rings. The fraction of sp³-hybridized carbons (Fsp3) is 0.667. The smallest absolute Gasteiger partial charge is 0.363 e. The van der Waals surface area contributed by atoms with Crippen LogP contribution in [0.5, 0.6) is 0 Å². The number of nitrogens with one attached hydrogen (secondary N) is 1. The highest BCUT2D eigenvalue weighted by Crippen LogP contribution is 2.49. The monoisotopic (exact) mass is 305 g/mol. The number of hydrogen-bond acceptors (Lipinski definition) is 4. The van der Waals surface area contributed by atoms with Crippen molar-refractivity contribution in [3.63, 3.8) is 0 Å². The maximum absolute atomic E-state index is 12.9. The largest absolute Gasteiger partial charge is 0.438 e. The van der Waals surface area contributed by atoms with Crippen molar-refractivity contribution in [2.75, 3.05) is 5.32 Å². The second-order valence-corrected chi connectivity index (χ2v) is 4.56. The van der Waals surface area contributed by atoms with Gasteiger partial charge in [-0.2, -0.15) is 31.4 Å². The quantitative estimate of drug-likeness (QED) is 0.635. The van der Waals surface area contributed by atoms with E-state index in [4.69, 9.17) is 0 Å². The molecule has 2 heterocycles. The Morgan fingerprint density at radius 3 is 2.20 bits per heavy atom. The number of nitrogens with zero attached hydrogens (tertiary/aromatic N) is 2. The van der Waals surface area contributed by atoms with Crippen LogP contribution in [0.3, 0.4) is 0 Å². The van der Waals surface area contributed by atoms with Crippen molar-refractivity contribution in [1.82, 2.24) is 9.78 Å². The van der Waals surface area contributed by atoms with Gasteiger partial charge in [0.1, 0.15) is 5.82 Å². The van der Waals surface area contributed by atoms with E-state index in [-0.39, 0.29) is 10.4 Å². The van der Waals surface area contributed by atoms with E-state index < -0.39 is 36.0 Å². The van der Waals surface area contributed by atoms with Crippen LogP contribution < -0.4 is 5.32 Å². The molecule has 2 atom stereocenters. The van der Waals surface area contributed by atoms with Crippen LogP contribution in [0.1, 0.15) is 12.1 Å². The number of alkyl halides is 6. The van der Waals surface area contributed by atoms with E-state index in [9.17, 15) is 36.6 Å². The van der Waals surface area contributed by atoms with Gasteiger partial charge in [-0.1, -0.05) is 0 Å². The lowest BCUT2D eigenvalue weighted by molar-refractivity contribution is -0.345. The molecule has 0 amide bonds.